The van der Waals surface area contributed by atoms with Gasteiger partial charge in [0.2, 0.25) is 0 Å². The normalized spacial score (nSPS) is 13.9. The monoisotopic (exact) mass is 1540 g/mol. The van der Waals surface area contributed by atoms with E-state index in [0.29, 0.717) is 140 Å². The number of hydrogen-bond donors (Lipinski definition) is 8. The molecule has 16 aromatic rings. The summed E-state index contributed by atoms with van der Waals surface area (Å²) in [5, 5.41) is 28.0. The third-order valence-corrected chi connectivity index (χ3v) is 22.0. The fraction of sp³-hybridized carbons (Fsp3) is 0.289. The lowest BCUT2D eigenvalue weighted by atomic mass is 10.1. The molecule has 0 amide bonds. The molecule has 1 aliphatic rings. The van der Waals surface area contributed by atoms with Crippen molar-refractivity contribution in [1.82, 2.24) is 108 Å². The molecule has 1 saturated heterocycles. The number of fused-ring (bicyclic) bond motifs is 8. The highest BCUT2D eigenvalue weighted by Gasteiger charge is 2.33. The molecule has 14 heterocycles. The van der Waals surface area contributed by atoms with Crippen molar-refractivity contribution < 1.29 is 4.21 Å². The summed E-state index contributed by atoms with van der Waals surface area (Å²) < 4.78 is 21.7. The third kappa shape index (κ3) is 13.3. The molecule has 27 nitrogen and oxygen atoms in total. The highest BCUT2D eigenvalue weighted by molar-refractivity contribution is 7.97. The van der Waals surface area contributed by atoms with E-state index in [2.05, 4.69) is 156 Å². The van der Waals surface area contributed by atoms with E-state index >= 15 is 0 Å². The van der Waals surface area contributed by atoms with E-state index in [9.17, 15) is 4.21 Å². The highest BCUT2D eigenvalue weighted by Crippen LogP contribution is 2.45. The van der Waals surface area contributed by atoms with Crippen LogP contribution < -0.4 is 22.9 Å². The number of anilines is 4. The van der Waals surface area contributed by atoms with E-state index in [0.717, 1.165) is 80.7 Å². The van der Waals surface area contributed by atoms with Crippen LogP contribution in [0.1, 0.15) is 112 Å². The van der Waals surface area contributed by atoms with Crippen molar-refractivity contribution >= 4 is 173 Å². The Hall–Kier alpha value is -10.9. The van der Waals surface area contributed by atoms with Gasteiger partial charge in [0, 0.05) is 78.9 Å². The number of terminal acetylenes is 1. The molecule has 1 aliphatic heterocycles. The molecule has 0 saturated carbocycles. The summed E-state index contributed by atoms with van der Waals surface area (Å²) in [7, 11) is -2.21. The Morgan fingerprint density at radius 2 is 0.861 bits per heavy atom. The summed E-state index contributed by atoms with van der Waals surface area (Å²) in [6.45, 7) is 24.2. The standard InChI is InChI=1S/C19H21ClN8OS.2C19H21ClN6.C19H17ClN6/c1-30(2,29)27-8-5-11(6-9-27)28-19-13(17(21)23-10-24-19)15(26-28)16-14(20)12-4-3-7-22-18(12)25-16;3*1-5-10-6-7-11-12(8-10)24-16(14(11)20)15-13-17(21)22-9-23-18(13)26(25-15)19(2,3)4/h3-4,7,10-11H,1,5-6,8-9H2,2H3,(H,22,25)(H2,21,23,24);2*6-9,24H,5H2,1-4H3,(H2,21,22,23);1,6-9,24H,2-4H3,(H2,21,22,23). The Morgan fingerprint density at radius 3 is 1.24 bits per heavy atom. The van der Waals surface area contributed by atoms with Crippen molar-refractivity contribution in [2.45, 2.75) is 125 Å². The number of nitrogens with one attached hydrogen (secondary N) is 4. The largest absolute Gasteiger partial charge is 0.383 e. The summed E-state index contributed by atoms with van der Waals surface area (Å²) in [4.78, 5) is 52.1. The lowest BCUT2D eigenvalue weighted by Gasteiger charge is -2.32. The quantitative estimate of drug-likeness (QED) is 0.0517. The zero-order chi connectivity index (χ0) is 77.0. The maximum atomic E-state index is 12.3. The molecule has 3 aromatic carbocycles. The number of nitrogen functional groups attached to an aromatic ring is 4. The summed E-state index contributed by atoms with van der Waals surface area (Å²) in [6, 6.07) is 22.0. The zero-order valence-corrected chi connectivity index (χ0v) is 65.4. The molecule has 1 atom stereocenters. The van der Waals surface area contributed by atoms with E-state index in [1.807, 2.05) is 86.3 Å². The number of H-pyrrole nitrogens is 4. The van der Waals surface area contributed by atoms with E-state index in [1.165, 1.54) is 36.4 Å². The van der Waals surface area contributed by atoms with E-state index < -0.39 is 9.71 Å². The zero-order valence-electron chi connectivity index (χ0n) is 61.5. The number of benzene rings is 3. The van der Waals surface area contributed by atoms with Crippen LogP contribution >= 0.6 is 46.4 Å². The topological polar surface area (TPSA) is 375 Å². The minimum absolute atomic E-state index is 0.0924. The van der Waals surface area contributed by atoms with Crippen molar-refractivity contribution in [3.8, 4) is 57.9 Å². The number of hydrogen-bond acceptors (Lipinski definition) is 18. The first-order chi connectivity index (χ1) is 51.3. The van der Waals surface area contributed by atoms with Crippen LogP contribution in [0.4, 0.5) is 23.3 Å². The SMILES string of the molecule is C#Cc1ccc2c(Cl)c(-c3nn(C(C)(C)C)c4ncnc(N)c34)[nH]c2c1.C=S(C)(=O)N1CCC(n2nc(-c3[nH]c4ncccc4c3Cl)c3c(N)ncnc32)CC1.CCc1ccc2c(Cl)c(-c3nn(C(C)(C)C)c4ncnc(N)c34)[nH]c2c1.CCc1ccc2c(Cl)c(-c3nn(C(C)(C)C)c4ncnc(N)c34)[nH]c2c1. The number of nitrogens with two attached hydrogens (primary N) is 4. The smallest absolute Gasteiger partial charge is 0.164 e. The van der Waals surface area contributed by atoms with Gasteiger partial charge in [0.05, 0.1) is 87.1 Å². The van der Waals surface area contributed by atoms with Gasteiger partial charge in [0.15, 0.2) is 22.6 Å². The second-order valence-corrected chi connectivity index (χ2v) is 33.5. The average molecular weight is 1550 g/mol. The lowest BCUT2D eigenvalue weighted by Crippen LogP contribution is -2.38. The van der Waals surface area contributed by atoms with Crippen molar-refractivity contribution in [3.05, 3.63) is 135 Å². The number of aromatic nitrogens is 21. The van der Waals surface area contributed by atoms with E-state index in [4.69, 9.17) is 96.2 Å². The van der Waals surface area contributed by atoms with Gasteiger partial charge in [-0.25, -0.2) is 67.9 Å². The van der Waals surface area contributed by atoms with Gasteiger partial charge in [0.25, 0.3) is 0 Å². The highest BCUT2D eigenvalue weighted by atomic mass is 35.5. The van der Waals surface area contributed by atoms with Crippen LogP contribution in [-0.4, -0.2) is 138 Å². The molecular weight excluding hydrogens is 1470 g/mol. The van der Waals surface area contributed by atoms with Crippen LogP contribution in [0, 0.1) is 12.3 Å². The average Bonchev–Trinajstić information content (AvgIpc) is 1.60. The van der Waals surface area contributed by atoms with Gasteiger partial charge < -0.3 is 42.9 Å². The molecule has 1 fully saturated rings. The van der Waals surface area contributed by atoms with Gasteiger partial charge in [-0.05, 0) is 141 Å². The van der Waals surface area contributed by atoms with Crippen LogP contribution in [0.15, 0.2) is 98.2 Å². The van der Waals surface area contributed by atoms with Gasteiger partial charge in [-0.3, -0.25) is 4.21 Å². The Morgan fingerprint density at radius 1 is 0.500 bits per heavy atom. The van der Waals surface area contributed by atoms with Gasteiger partial charge in [-0.1, -0.05) is 96.5 Å². The Balaban J connectivity index is 0.000000121. The Labute approximate surface area is 641 Å². The first-order valence-corrected chi connectivity index (χ1v) is 38.4. The first kappa shape index (κ1) is 73.9. The van der Waals surface area contributed by atoms with Gasteiger partial charge in [-0.2, -0.15) is 20.4 Å². The lowest BCUT2D eigenvalue weighted by molar-refractivity contribution is 0.273. The van der Waals surface area contributed by atoms with E-state index in [-0.39, 0.29) is 22.7 Å². The molecule has 0 aliphatic carbocycles. The predicted molar refractivity (Wildman–Crippen MR) is 439 cm³/mol. The van der Waals surface area contributed by atoms with Crippen LogP contribution in [0.5, 0.6) is 0 Å². The number of piperidine rings is 1. The number of aromatic amines is 4. The molecule has 554 valence electrons. The van der Waals surface area contributed by atoms with Crippen molar-refractivity contribution in [2.75, 3.05) is 42.3 Å². The minimum Gasteiger partial charge on any atom is -0.383 e. The van der Waals surface area contributed by atoms with Gasteiger partial charge in [-0.15, -0.1) is 6.42 Å². The van der Waals surface area contributed by atoms with Crippen LogP contribution in [0.25, 0.3) is 133 Å². The fourth-order valence-electron chi connectivity index (χ4n) is 13.5. The molecule has 0 radical (unpaired) electrons. The van der Waals surface area contributed by atoms with Crippen LogP contribution in [0.3, 0.4) is 0 Å². The number of halogens is 4. The molecule has 13 aromatic heterocycles. The van der Waals surface area contributed by atoms with Gasteiger partial charge in [0.1, 0.15) is 77.0 Å². The van der Waals surface area contributed by atoms with Crippen molar-refractivity contribution in [2.24, 2.45) is 0 Å². The molecule has 17 rings (SSSR count). The summed E-state index contributed by atoms with van der Waals surface area (Å²) in [6.07, 6.45) is 18.2. The molecule has 12 N–H and O–H groups in total. The minimum atomic E-state index is -2.21. The molecule has 32 heteroatoms. The van der Waals surface area contributed by atoms with Crippen molar-refractivity contribution in [1.29, 1.82) is 0 Å². The second-order valence-electron chi connectivity index (χ2n) is 29.6. The maximum absolute atomic E-state index is 12.3. The number of pyridine rings is 1. The molecule has 1 unspecified atom stereocenters. The maximum Gasteiger partial charge on any atom is 0.164 e. The van der Waals surface area contributed by atoms with Crippen molar-refractivity contribution in [3.63, 3.8) is 0 Å². The summed E-state index contributed by atoms with van der Waals surface area (Å²) in [5.74, 6) is 7.91. The Bertz CT molecular complexity index is 6190. The second kappa shape index (κ2) is 28.0. The van der Waals surface area contributed by atoms with E-state index in [1.54, 1.807) is 12.5 Å². The predicted octanol–water partition coefficient (Wildman–Crippen LogP) is 15.5. The van der Waals surface area contributed by atoms with Gasteiger partial charge >= 0.3 is 0 Å². The summed E-state index contributed by atoms with van der Waals surface area (Å²) >= 11 is 26.7. The fourth-order valence-corrected chi connectivity index (χ4v) is 15.7. The molecule has 0 bridgehead atoms. The number of nitrogens with zero attached hydrogens (tertiary/aromatic N) is 18. The third-order valence-electron chi connectivity index (χ3n) is 19.0. The molecular formula is C76H80Cl4N26OS. The Kier molecular flexibility index (Phi) is 19.2. The number of rotatable bonds is 8. The molecule has 0 spiro atoms. The van der Waals surface area contributed by atoms with Crippen LogP contribution in [0.2, 0.25) is 20.1 Å². The van der Waals surface area contributed by atoms with Crippen LogP contribution in [-0.2, 0) is 39.2 Å². The molecule has 108 heavy (non-hydrogen) atoms. The first-order valence-electron chi connectivity index (χ1n) is 34.8. The summed E-state index contributed by atoms with van der Waals surface area (Å²) in [5.41, 5.74) is 38.8. The number of aryl methyl sites for hydroxylation is 2.